The quantitative estimate of drug-likeness (QED) is 0.920. The predicted molar refractivity (Wildman–Crippen MR) is 92.9 cm³/mol. The van der Waals surface area contributed by atoms with Crippen molar-refractivity contribution in [3.05, 3.63) is 65.0 Å². The van der Waals surface area contributed by atoms with Gasteiger partial charge >= 0.3 is 0 Å². The molecular weight excluding hydrogens is 302 g/mol. The SMILES string of the molecule is Cc1cc(C)cc(CCNC(=O)C2CC(c3ccncc3)=NO2)c1. The molecule has 124 valence electrons. The van der Waals surface area contributed by atoms with Crippen molar-refractivity contribution < 1.29 is 9.63 Å². The summed E-state index contributed by atoms with van der Waals surface area (Å²) in [5, 5.41) is 6.96. The molecule has 5 heteroatoms. The van der Waals surface area contributed by atoms with Gasteiger partial charge in [-0.3, -0.25) is 9.78 Å². The molecule has 0 fully saturated rings. The normalized spacial score (nSPS) is 16.4. The smallest absolute Gasteiger partial charge is 0.264 e. The van der Waals surface area contributed by atoms with Crippen LogP contribution in [-0.2, 0) is 16.1 Å². The number of hydrogen-bond acceptors (Lipinski definition) is 4. The number of aryl methyl sites for hydroxylation is 2. The van der Waals surface area contributed by atoms with Crippen molar-refractivity contribution in [3.8, 4) is 0 Å². The molecule has 1 aromatic carbocycles. The molecule has 1 aliphatic heterocycles. The molecule has 0 spiro atoms. The Morgan fingerprint density at radius 1 is 1.21 bits per heavy atom. The van der Waals surface area contributed by atoms with Crippen molar-refractivity contribution in [2.24, 2.45) is 5.16 Å². The maximum atomic E-state index is 12.2. The number of amides is 1. The van der Waals surface area contributed by atoms with E-state index < -0.39 is 6.10 Å². The van der Waals surface area contributed by atoms with Crippen LogP contribution in [0.15, 0.2) is 47.9 Å². The molecule has 0 saturated heterocycles. The summed E-state index contributed by atoms with van der Waals surface area (Å²) in [6, 6.07) is 10.2. The second kappa shape index (κ2) is 7.25. The van der Waals surface area contributed by atoms with Crippen molar-refractivity contribution in [2.45, 2.75) is 32.8 Å². The Morgan fingerprint density at radius 3 is 2.62 bits per heavy atom. The van der Waals surface area contributed by atoms with Crippen molar-refractivity contribution in [1.29, 1.82) is 0 Å². The fraction of sp³-hybridized carbons (Fsp3) is 0.316. The van der Waals surface area contributed by atoms with Crippen molar-refractivity contribution in [1.82, 2.24) is 10.3 Å². The molecule has 24 heavy (non-hydrogen) atoms. The van der Waals surface area contributed by atoms with Crippen LogP contribution in [0.4, 0.5) is 0 Å². The van der Waals surface area contributed by atoms with Gasteiger partial charge in [0.15, 0.2) is 0 Å². The lowest BCUT2D eigenvalue weighted by Crippen LogP contribution is -2.36. The van der Waals surface area contributed by atoms with Gasteiger partial charge in [-0.15, -0.1) is 0 Å². The molecule has 3 rings (SSSR count). The molecule has 2 aromatic rings. The number of rotatable bonds is 5. The molecule has 1 aliphatic rings. The zero-order valence-electron chi connectivity index (χ0n) is 14.0. The molecule has 0 saturated carbocycles. The molecule has 2 heterocycles. The van der Waals surface area contributed by atoms with Gasteiger partial charge in [-0.05, 0) is 38.0 Å². The van der Waals surface area contributed by atoms with Gasteiger partial charge in [0.1, 0.15) is 0 Å². The van der Waals surface area contributed by atoms with Crippen LogP contribution in [0, 0.1) is 13.8 Å². The highest BCUT2D eigenvalue weighted by molar-refractivity contribution is 6.03. The van der Waals surface area contributed by atoms with Crippen LogP contribution in [0.1, 0.15) is 28.7 Å². The van der Waals surface area contributed by atoms with E-state index in [2.05, 4.69) is 47.5 Å². The molecule has 1 aromatic heterocycles. The first-order valence-corrected chi connectivity index (χ1v) is 8.10. The van der Waals surface area contributed by atoms with Crippen molar-refractivity contribution in [2.75, 3.05) is 6.54 Å². The molecule has 0 bridgehead atoms. The van der Waals surface area contributed by atoms with Gasteiger partial charge in [-0.2, -0.15) is 0 Å². The molecule has 1 atom stereocenters. The number of carbonyl (C=O) groups excluding carboxylic acids is 1. The summed E-state index contributed by atoms with van der Waals surface area (Å²) in [6.45, 7) is 4.75. The zero-order chi connectivity index (χ0) is 16.9. The third-order valence-corrected chi connectivity index (χ3v) is 3.97. The summed E-state index contributed by atoms with van der Waals surface area (Å²) >= 11 is 0. The van der Waals surface area contributed by atoms with Gasteiger partial charge in [0.25, 0.3) is 5.91 Å². The van der Waals surface area contributed by atoms with Crippen LogP contribution in [0.5, 0.6) is 0 Å². The number of aromatic nitrogens is 1. The largest absolute Gasteiger partial charge is 0.382 e. The minimum absolute atomic E-state index is 0.118. The number of carbonyl (C=O) groups is 1. The van der Waals surface area contributed by atoms with Gasteiger partial charge in [0.2, 0.25) is 6.10 Å². The summed E-state index contributed by atoms with van der Waals surface area (Å²) < 4.78 is 0. The van der Waals surface area contributed by atoms with Gasteiger partial charge in [0, 0.05) is 30.9 Å². The van der Waals surface area contributed by atoms with E-state index in [4.69, 9.17) is 4.84 Å². The number of hydrogen-bond donors (Lipinski definition) is 1. The van der Waals surface area contributed by atoms with E-state index in [1.165, 1.54) is 16.7 Å². The Bertz CT molecular complexity index is 736. The van der Waals surface area contributed by atoms with E-state index in [0.29, 0.717) is 13.0 Å². The highest BCUT2D eigenvalue weighted by atomic mass is 16.6. The van der Waals surface area contributed by atoms with Crippen molar-refractivity contribution in [3.63, 3.8) is 0 Å². The maximum absolute atomic E-state index is 12.2. The molecule has 1 amide bonds. The highest BCUT2D eigenvalue weighted by Gasteiger charge is 2.28. The van der Waals surface area contributed by atoms with E-state index >= 15 is 0 Å². The second-order valence-electron chi connectivity index (χ2n) is 6.11. The van der Waals surface area contributed by atoms with Crippen LogP contribution in [0.2, 0.25) is 0 Å². The number of nitrogens with zero attached hydrogens (tertiary/aromatic N) is 2. The first-order valence-electron chi connectivity index (χ1n) is 8.10. The third-order valence-electron chi connectivity index (χ3n) is 3.97. The Morgan fingerprint density at radius 2 is 1.92 bits per heavy atom. The van der Waals surface area contributed by atoms with Crippen LogP contribution in [-0.4, -0.2) is 29.3 Å². The Kier molecular flexibility index (Phi) is 4.89. The lowest BCUT2D eigenvalue weighted by Gasteiger charge is -2.10. The van der Waals surface area contributed by atoms with Gasteiger partial charge in [-0.1, -0.05) is 34.5 Å². The van der Waals surface area contributed by atoms with E-state index in [-0.39, 0.29) is 5.91 Å². The minimum atomic E-state index is -0.549. The van der Waals surface area contributed by atoms with E-state index in [9.17, 15) is 4.79 Å². The topological polar surface area (TPSA) is 63.6 Å². The lowest BCUT2D eigenvalue weighted by molar-refractivity contribution is -0.131. The Hall–Kier alpha value is -2.69. The van der Waals surface area contributed by atoms with E-state index in [1.54, 1.807) is 12.4 Å². The first-order chi connectivity index (χ1) is 11.6. The lowest BCUT2D eigenvalue weighted by atomic mass is 10.0. The number of nitrogens with one attached hydrogen (secondary N) is 1. The first kappa shape index (κ1) is 16.2. The van der Waals surface area contributed by atoms with Gasteiger partial charge < -0.3 is 10.2 Å². The summed E-state index contributed by atoms with van der Waals surface area (Å²) in [7, 11) is 0. The van der Waals surface area contributed by atoms with Crippen LogP contribution >= 0.6 is 0 Å². The van der Waals surface area contributed by atoms with E-state index in [0.717, 1.165) is 17.7 Å². The minimum Gasteiger partial charge on any atom is -0.382 e. The fourth-order valence-corrected chi connectivity index (χ4v) is 2.89. The standard InChI is InChI=1S/C19H21N3O2/c1-13-9-14(2)11-15(10-13)3-8-21-19(23)18-12-17(22-24-18)16-4-6-20-7-5-16/h4-7,9-11,18H,3,8,12H2,1-2H3,(H,21,23). The Balaban J connectivity index is 1.48. The molecule has 1 unspecified atom stereocenters. The number of benzene rings is 1. The summed E-state index contributed by atoms with van der Waals surface area (Å²) in [5.74, 6) is -0.118. The summed E-state index contributed by atoms with van der Waals surface area (Å²) in [4.78, 5) is 21.5. The highest BCUT2D eigenvalue weighted by Crippen LogP contribution is 2.16. The third kappa shape index (κ3) is 3.98. The predicted octanol–water partition coefficient (Wildman–Crippen LogP) is 2.55. The molecule has 0 radical (unpaired) electrons. The van der Waals surface area contributed by atoms with Gasteiger partial charge in [0.05, 0.1) is 5.71 Å². The zero-order valence-corrected chi connectivity index (χ0v) is 14.0. The monoisotopic (exact) mass is 323 g/mol. The average Bonchev–Trinajstić information content (AvgIpc) is 3.05. The van der Waals surface area contributed by atoms with Crippen LogP contribution in [0.3, 0.4) is 0 Å². The fourth-order valence-electron chi connectivity index (χ4n) is 2.89. The molecule has 5 nitrogen and oxygen atoms in total. The van der Waals surface area contributed by atoms with Crippen LogP contribution < -0.4 is 5.32 Å². The summed E-state index contributed by atoms with van der Waals surface area (Å²) in [6.07, 6.45) is 4.15. The maximum Gasteiger partial charge on any atom is 0.264 e. The average molecular weight is 323 g/mol. The summed E-state index contributed by atoms with van der Waals surface area (Å²) in [5.41, 5.74) is 5.44. The Labute approximate surface area is 141 Å². The van der Waals surface area contributed by atoms with E-state index in [1.807, 2.05) is 12.1 Å². The number of oxime groups is 1. The second-order valence-corrected chi connectivity index (χ2v) is 6.11. The molecule has 0 aliphatic carbocycles. The van der Waals surface area contributed by atoms with Crippen LogP contribution in [0.25, 0.3) is 0 Å². The van der Waals surface area contributed by atoms with Gasteiger partial charge in [-0.25, -0.2) is 0 Å². The molecule has 1 N–H and O–H groups in total. The number of pyridine rings is 1. The molecular formula is C19H21N3O2. The van der Waals surface area contributed by atoms with Crippen molar-refractivity contribution >= 4 is 11.6 Å².